The molecule has 2 aromatic carbocycles. The lowest BCUT2D eigenvalue weighted by molar-refractivity contribution is 0.280. The molecular weight excluding hydrogens is 446 g/mol. The highest BCUT2D eigenvalue weighted by molar-refractivity contribution is 5.64. The van der Waals surface area contributed by atoms with Gasteiger partial charge < -0.3 is 9.47 Å². The summed E-state index contributed by atoms with van der Waals surface area (Å²) in [5.74, 6) is -4.40. The van der Waals surface area contributed by atoms with Gasteiger partial charge in [-0.05, 0) is 43.2 Å². The number of hydrogen-bond acceptors (Lipinski definition) is 3. The number of aromatic nitrogens is 1. The molecule has 3 nitrogen and oxygen atoms in total. The second-order valence-electron chi connectivity index (χ2n) is 8.19. The van der Waals surface area contributed by atoms with Crippen molar-refractivity contribution in [2.75, 3.05) is 6.61 Å². The number of aryl methyl sites for hydroxylation is 1. The van der Waals surface area contributed by atoms with Crippen molar-refractivity contribution in [1.29, 1.82) is 0 Å². The molecule has 0 aliphatic rings. The molecule has 182 valence electrons. The Hall–Kier alpha value is -3.09. The molecule has 1 aromatic heterocycles. The van der Waals surface area contributed by atoms with E-state index in [1.807, 2.05) is 0 Å². The van der Waals surface area contributed by atoms with Crippen LogP contribution >= 0.6 is 0 Å². The van der Waals surface area contributed by atoms with Crippen LogP contribution in [0.15, 0.2) is 42.6 Å². The van der Waals surface area contributed by atoms with Gasteiger partial charge in [-0.1, -0.05) is 51.2 Å². The zero-order chi connectivity index (χ0) is 24.5. The maximum Gasteiger partial charge on any atom is 0.201 e. The maximum absolute atomic E-state index is 14.7. The van der Waals surface area contributed by atoms with Crippen molar-refractivity contribution in [3.63, 3.8) is 0 Å². The van der Waals surface area contributed by atoms with Crippen LogP contribution in [0, 0.1) is 30.2 Å². The lowest BCUT2D eigenvalue weighted by Crippen LogP contribution is -2.03. The monoisotopic (exact) mass is 475 g/mol. The Balaban J connectivity index is 1.58. The Labute approximate surface area is 197 Å². The molecule has 0 saturated heterocycles. The summed E-state index contributed by atoms with van der Waals surface area (Å²) in [7, 11) is 0. The summed E-state index contributed by atoms with van der Waals surface area (Å²) in [4.78, 5) is 4.16. The van der Waals surface area contributed by atoms with Crippen molar-refractivity contribution in [3.8, 4) is 22.6 Å². The van der Waals surface area contributed by atoms with E-state index >= 15 is 0 Å². The lowest BCUT2D eigenvalue weighted by Gasteiger charge is -2.11. The average Bonchev–Trinajstić information content (AvgIpc) is 2.84. The third kappa shape index (κ3) is 6.49. The van der Waals surface area contributed by atoms with E-state index < -0.39 is 23.3 Å². The second kappa shape index (κ2) is 12.4. The van der Waals surface area contributed by atoms with Crippen LogP contribution in [0.25, 0.3) is 11.1 Å². The molecule has 1 heterocycles. The fourth-order valence-corrected chi connectivity index (χ4v) is 3.49. The smallest absolute Gasteiger partial charge is 0.201 e. The molecule has 0 fully saturated rings. The maximum atomic E-state index is 14.7. The number of halogens is 4. The third-order valence-electron chi connectivity index (χ3n) is 5.55. The second-order valence-corrected chi connectivity index (χ2v) is 8.19. The first kappa shape index (κ1) is 25.5. The highest BCUT2D eigenvalue weighted by atomic mass is 19.2. The van der Waals surface area contributed by atoms with E-state index in [2.05, 4.69) is 11.9 Å². The molecule has 0 atom stereocenters. The summed E-state index contributed by atoms with van der Waals surface area (Å²) < 4.78 is 67.5. The van der Waals surface area contributed by atoms with Gasteiger partial charge in [-0.25, -0.2) is 8.78 Å². The zero-order valence-corrected chi connectivity index (χ0v) is 19.5. The molecular formula is C27H29F4NO2. The van der Waals surface area contributed by atoms with Crippen LogP contribution in [0.1, 0.15) is 56.7 Å². The summed E-state index contributed by atoms with van der Waals surface area (Å²) in [5, 5.41) is 0. The molecule has 0 N–H and O–H groups in total. The van der Waals surface area contributed by atoms with E-state index in [0.29, 0.717) is 17.9 Å². The molecule has 0 aliphatic carbocycles. The molecule has 0 spiro atoms. The predicted octanol–water partition coefficient (Wildman–Crippen LogP) is 7.93. The van der Waals surface area contributed by atoms with Crippen molar-refractivity contribution in [2.24, 2.45) is 0 Å². The first-order valence-electron chi connectivity index (χ1n) is 11.6. The molecule has 7 heteroatoms. The number of nitrogens with zero attached hydrogens (tertiary/aromatic N) is 1. The van der Waals surface area contributed by atoms with E-state index in [9.17, 15) is 17.6 Å². The normalized spacial score (nSPS) is 11.0. The van der Waals surface area contributed by atoms with E-state index in [-0.39, 0.29) is 29.2 Å². The van der Waals surface area contributed by atoms with E-state index in [0.717, 1.165) is 19.3 Å². The van der Waals surface area contributed by atoms with Crippen LogP contribution in [-0.2, 0) is 6.61 Å². The first-order chi connectivity index (χ1) is 16.4. The SMILES string of the molecule is CCCCCCCCOc1ccc(-c2ccc(COc3ccc(C)c(F)c3F)nc2)c(F)c1F. The number of pyridine rings is 1. The summed E-state index contributed by atoms with van der Waals surface area (Å²) in [5.41, 5.74) is 1.02. The van der Waals surface area contributed by atoms with Crippen molar-refractivity contribution in [1.82, 2.24) is 4.98 Å². The fraction of sp³-hybridized carbons (Fsp3) is 0.370. The molecule has 0 aliphatic heterocycles. The standard InChI is InChI=1S/C27H29F4NO2/c1-3-4-5-6-7-8-15-33-22-14-12-21(25(29)27(22)31)19-10-11-20(32-16-19)17-34-23-13-9-18(2)24(28)26(23)30/h9-14,16H,3-8,15,17H2,1-2H3. The number of unbranched alkanes of at least 4 members (excludes halogenated alkanes) is 5. The van der Waals surface area contributed by atoms with E-state index in [4.69, 9.17) is 9.47 Å². The minimum atomic E-state index is -1.06. The van der Waals surface area contributed by atoms with E-state index in [1.54, 1.807) is 12.1 Å². The molecule has 3 rings (SSSR count). The average molecular weight is 476 g/mol. The highest BCUT2D eigenvalue weighted by Crippen LogP contribution is 2.30. The predicted molar refractivity (Wildman–Crippen MR) is 124 cm³/mol. The Kier molecular flexibility index (Phi) is 9.31. The molecule has 0 unspecified atom stereocenters. The first-order valence-corrected chi connectivity index (χ1v) is 11.6. The Bertz CT molecular complexity index is 1090. The Morgan fingerprint density at radius 2 is 1.38 bits per heavy atom. The third-order valence-corrected chi connectivity index (χ3v) is 5.55. The molecule has 0 radical (unpaired) electrons. The van der Waals surface area contributed by atoms with Crippen LogP contribution in [0.5, 0.6) is 11.5 Å². The Morgan fingerprint density at radius 3 is 2.12 bits per heavy atom. The van der Waals surface area contributed by atoms with Crippen molar-refractivity contribution in [2.45, 2.75) is 59.0 Å². The van der Waals surface area contributed by atoms with Crippen LogP contribution in [0.4, 0.5) is 17.6 Å². The van der Waals surface area contributed by atoms with Gasteiger partial charge in [-0.3, -0.25) is 4.98 Å². The quantitative estimate of drug-likeness (QED) is 0.197. The number of hydrogen-bond donors (Lipinski definition) is 0. The van der Waals surface area contributed by atoms with Crippen LogP contribution in [-0.4, -0.2) is 11.6 Å². The van der Waals surface area contributed by atoms with Crippen molar-refractivity contribution in [3.05, 3.63) is 77.1 Å². The van der Waals surface area contributed by atoms with Gasteiger partial charge in [0.2, 0.25) is 11.6 Å². The minimum absolute atomic E-state index is 0.0519. The van der Waals surface area contributed by atoms with Crippen LogP contribution < -0.4 is 9.47 Å². The minimum Gasteiger partial charge on any atom is -0.490 e. The van der Waals surface area contributed by atoms with Gasteiger partial charge in [0.05, 0.1) is 12.3 Å². The lowest BCUT2D eigenvalue weighted by atomic mass is 10.1. The molecule has 3 aromatic rings. The van der Waals surface area contributed by atoms with Crippen LogP contribution in [0.3, 0.4) is 0 Å². The summed E-state index contributed by atoms with van der Waals surface area (Å²) in [6.07, 6.45) is 7.82. The van der Waals surface area contributed by atoms with Gasteiger partial charge in [0.25, 0.3) is 0 Å². The number of ether oxygens (including phenoxy) is 2. The van der Waals surface area contributed by atoms with Gasteiger partial charge in [0, 0.05) is 17.3 Å². The van der Waals surface area contributed by atoms with Crippen LogP contribution in [0.2, 0.25) is 0 Å². The molecule has 34 heavy (non-hydrogen) atoms. The van der Waals surface area contributed by atoms with Gasteiger partial charge >= 0.3 is 0 Å². The van der Waals surface area contributed by atoms with Crippen molar-refractivity contribution < 1.29 is 27.0 Å². The molecule has 0 amide bonds. The van der Waals surface area contributed by atoms with Gasteiger partial charge in [0.15, 0.2) is 23.1 Å². The topological polar surface area (TPSA) is 31.4 Å². The fourth-order valence-electron chi connectivity index (χ4n) is 3.49. The number of rotatable bonds is 12. The largest absolute Gasteiger partial charge is 0.490 e. The summed E-state index contributed by atoms with van der Waals surface area (Å²) in [6.45, 7) is 3.84. The van der Waals surface area contributed by atoms with Gasteiger partial charge in [-0.2, -0.15) is 8.78 Å². The Morgan fingerprint density at radius 1 is 0.706 bits per heavy atom. The van der Waals surface area contributed by atoms with Gasteiger partial charge in [0.1, 0.15) is 6.61 Å². The molecule has 0 saturated carbocycles. The van der Waals surface area contributed by atoms with Gasteiger partial charge in [-0.15, -0.1) is 0 Å². The zero-order valence-electron chi connectivity index (χ0n) is 19.5. The number of benzene rings is 2. The summed E-state index contributed by atoms with van der Waals surface area (Å²) >= 11 is 0. The van der Waals surface area contributed by atoms with Crippen molar-refractivity contribution >= 4 is 0 Å². The van der Waals surface area contributed by atoms with E-state index in [1.165, 1.54) is 56.6 Å². The highest BCUT2D eigenvalue weighted by Gasteiger charge is 2.17. The summed E-state index contributed by atoms with van der Waals surface area (Å²) in [6, 6.07) is 8.74. The molecule has 0 bridgehead atoms.